The quantitative estimate of drug-likeness (QED) is 0.449. The van der Waals surface area contributed by atoms with Gasteiger partial charge in [-0.05, 0) is 61.3 Å². The van der Waals surface area contributed by atoms with Gasteiger partial charge in [-0.2, -0.15) is 0 Å². The predicted molar refractivity (Wildman–Crippen MR) is 125 cm³/mol. The lowest BCUT2D eigenvalue weighted by molar-refractivity contribution is 0.0963. The standard InChI is InChI=1S/C24H33N5O2/c1-25-23(30)20-8-6-18(7-9-20)16-27-24(26-2)28-17-22(29-14-4-5-15-29)19-10-12-21(31-3)13-11-19/h6-13,22H,4-5,14-17H2,1-3H3,(H,25,30)(H2,26,27,28). The summed E-state index contributed by atoms with van der Waals surface area (Å²) in [6.07, 6.45) is 2.48. The van der Waals surface area contributed by atoms with Crippen molar-refractivity contribution in [3.8, 4) is 5.75 Å². The number of carbonyl (C=O) groups excluding carboxylic acids is 1. The van der Waals surface area contributed by atoms with Crippen molar-refractivity contribution in [1.29, 1.82) is 0 Å². The molecular formula is C24H33N5O2. The van der Waals surface area contributed by atoms with Gasteiger partial charge in [0.05, 0.1) is 13.2 Å². The monoisotopic (exact) mass is 423 g/mol. The number of rotatable bonds is 8. The first-order valence-corrected chi connectivity index (χ1v) is 10.8. The first kappa shape index (κ1) is 22.6. The van der Waals surface area contributed by atoms with Crippen LogP contribution in [0.4, 0.5) is 0 Å². The minimum Gasteiger partial charge on any atom is -0.497 e. The van der Waals surface area contributed by atoms with E-state index in [1.54, 1.807) is 21.2 Å². The molecule has 1 unspecified atom stereocenters. The molecule has 1 aliphatic rings. The molecule has 3 rings (SSSR count). The molecule has 0 aliphatic carbocycles. The summed E-state index contributed by atoms with van der Waals surface area (Å²) in [6, 6.07) is 16.2. The summed E-state index contributed by atoms with van der Waals surface area (Å²) in [4.78, 5) is 18.6. The van der Waals surface area contributed by atoms with Crippen LogP contribution in [-0.4, -0.2) is 57.6 Å². The van der Waals surface area contributed by atoms with E-state index in [-0.39, 0.29) is 11.9 Å². The van der Waals surface area contributed by atoms with Gasteiger partial charge < -0.3 is 20.7 Å². The fraction of sp³-hybridized carbons (Fsp3) is 0.417. The van der Waals surface area contributed by atoms with Crippen molar-refractivity contribution in [2.75, 3.05) is 40.8 Å². The zero-order chi connectivity index (χ0) is 22.1. The highest BCUT2D eigenvalue weighted by molar-refractivity contribution is 5.93. The Labute approximate surface area is 184 Å². The van der Waals surface area contributed by atoms with Crippen LogP contribution in [0.1, 0.15) is 40.4 Å². The van der Waals surface area contributed by atoms with Gasteiger partial charge in [-0.25, -0.2) is 0 Å². The summed E-state index contributed by atoms with van der Waals surface area (Å²) in [6.45, 7) is 3.62. The molecule has 2 aromatic rings. The second-order valence-electron chi connectivity index (χ2n) is 7.61. The molecule has 1 fully saturated rings. The van der Waals surface area contributed by atoms with Crippen molar-refractivity contribution in [2.24, 2.45) is 4.99 Å². The summed E-state index contributed by atoms with van der Waals surface area (Å²) >= 11 is 0. The molecule has 0 aromatic heterocycles. The number of ether oxygens (including phenoxy) is 1. The number of nitrogens with zero attached hydrogens (tertiary/aromatic N) is 2. The molecule has 7 heteroatoms. The van der Waals surface area contributed by atoms with Gasteiger partial charge in [-0.1, -0.05) is 24.3 Å². The van der Waals surface area contributed by atoms with Gasteiger partial charge in [0.15, 0.2) is 5.96 Å². The molecule has 3 N–H and O–H groups in total. The van der Waals surface area contributed by atoms with Gasteiger partial charge in [0, 0.05) is 32.7 Å². The molecule has 0 saturated carbocycles. The second kappa shape index (κ2) is 11.4. The molecule has 166 valence electrons. The molecule has 0 bridgehead atoms. The van der Waals surface area contributed by atoms with Gasteiger partial charge in [0.25, 0.3) is 5.91 Å². The van der Waals surface area contributed by atoms with E-state index in [0.717, 1.165) is 36.9 Å². The third kappa shape index (κ3) is 6.21. The average molecular weight is 424 g/mol. The van der Waals surface area contributed by atoms with Gasteiger partial charge in [0.2, 0.25) is 0 Å². The summed E-state index contributed by atoms with van der Waals surface area (Å²) < 4.78 is 5.31. The third-order valence-electron chi connectivity index (χ3n) is 5.67. The smallest absolute Gasteiger partial charge is 0.251 e. The van der Waals surface area contributed by atoms with Gasteiger partial charge in [0.1, 0.15) is 5.75 Å². The van der Waals surface area contributed by atoms with Crippen molar-refractivity contribution in [3.63, 3.8) is 0 Å². The average Bonchev–Trinajstić information content (AvgIpc) is 3.36. The van der Waals surface area contributed by atoms with Crippen LogP contribution in [0.5, 0.6) is 5.75 Å². The molecule has 1 aliphatic heterocycles. The van der Waals surface area contributed by atoms with E-state index in [4.69, 9.17) is 4.74 Å². The Bertz CT molecular complexity index is 859. The zero-order valence-corrected chi connectivity index (χ0v) is 18.6. The van der Waals surface area contributed by atoms with Crippen LogP contribution in [0, 0.1) is 0 Å². The Morgan fingerprint density at radius 3 is 2.32 bits per heavy atom. The molecule has 1 amide bonds. The zero-order valence-electron chi connectivity index (χ0n) is 18.6. The summed E-state index contributed by atoms with van der Waals surface area (Å²) in [7, 11) is 5.10. The molecule has 1 heterocycles. The maximum atomic E-state index is 11.7. The first-order chi connectivity index (χ1) is 15.1. The third-order valence-corrected chi connectivity index (χ3v) is 5.67. The summed E-state index contributed by atoms with van der Waals surface area (Å²) in [5, 5.41) is 9.48. The van der Waals surface area contributed by atoms with Crippen LogP contribution >= 0.6 is 0 Å². The van der Waals surface area contributed by atoms with E-state index >= 15 is 0 Å². The van der Waals surface area contributed by atoms with E-state index in [1.807, 2.05) is 36.4 Å². The molecule has 7 nitrogen and oxygen atoms in total. The number of carbonyl (C=O) groups is 1. The Kier molecular flexibility index (Phi) is 8.29. The Morgan fingerprint density at radius 1 is 1.06 bits per heavy atom. The van der Waals surface area contributed by atoms with Crippen molar-refractivity contribution < 1.29 is 9.53 Å². The molecule has 2 aromatic carbocycles. The number of hydrogen-bond acceptors (Lipinski definition) is 4. The fourth-order valence-corrected chi connectivity index (χ4v) is 3.86. The number of likely N-dealkylation sites (tertiary alicyclic amines) is 1. The highest BCUT2D eigenvalue weighted by Crippen LogP contribution is 2.26. The van der Waals surface area contributed by atoms with Gasteiger partial charge >= 0.3 is 0 Å². The van der Waals surface area contributed by atoms with Crippen LogP contribution < -0.4 is 20.7 Å². The molecule has 0 radical (unpaired) electrons. The van der Waals surface area contributed by atoms with Crippen LogP contribution in [0.15, 0.2) is 53.5 Å². The fourth-order valence-electron chi connectivity index (χ4n) is 3.86. The number of aliphatic imine (C=N–C) groups is 1. The number of guanidine groups is 1. The van der Waals surface area contributed by atoms with Crippen LogP contribution in [-0.2, 0) is 6.54 Å². The number of benzene rings is 2. The molecule has 31 heavy (non-hydrogen) atoms. The molecule has 1 saturated heterocycles. The highest BCUT2D eigenvalue weighted by Gasteiger charge is 2.23. The lowest BCUT2D eigenvalue weighted by atomic mass is 10.1. The van der Waals surface area contributed by atoms with Crippen molar-refractivity contribution in [1.82, 2.24) is 20.9 Å². The SMILES string of the molecule is CN=C(NCc1ccc(C(=O)NC)cc1)NCC(c1ccc(OC)cc1)N1CCCC1. The summed E-state index contributed by atoms with van der Waals surface area (Å²) in [5.41, 5.74) is 3.01. The Balaban J connectivity index is 1.59. The maximum Gasteiger partial charge on any atom is 0.251 e. The molecular weight excluding hydrogens is 390 g/mol. The number of methoxy groups -OCH3 is 1. The maximum absolute atomic E-state index is 11.7. The number of amides is 1. The normalized spacial score (nSPS) is 15.4. The lowest BCUT2D eigenvalue weighted by Crippen LogP contribution is -2.42. The topological polar surface area (TPSA) is 78.0 Å². The van der Waals surface area contributed by atoms with Crippen LogP contribution in [0.25, 0.3) is 0 Å². The Morgan fingerprint density at radius 2 is 1.74 bits per heavy atom. The minimum atomic E-state index is -0.0801. The first-order valence-electron chi connectivity index (χ1n) is 10.8. The van der Waals surface area contributed by atoms with Crippen molar-refractivity contribution in [3.05, 3.63) is 65.2 Å². The molecule has 1 atom stereocenters. The Hall–Kier alpha value is -3.06. The summed E-state index contributed by atoms with van der Waals surface area (Å²) in [5.74, 6) is 1.55. The second-order valence-corrected chi connectivity index (χ2v) is 7.61. The lowest BCUT2D eigenvalue weighted by Gasteiger charge is -2.29. The van der Waals surface area contributed by atoms with E-state index in [9.17, 15) is 4.79 Å². The largest absolute Gasteiger partial charge is 0.497 e. The van der Waals surface area contributed by atoms with Crippen LogP contribution in [0.2, 0.25) is 0 Å². The van der Waals surface area contributed by atoms with E-state index in [1.165, 1.54) is 18.4 Å². The number of nitrogens with one attached hydrogen (secondary N) is 3. The van der Waals surface area contributed by atoms with Gasteiger partial charge in [-0.15, -0.1) is 0 Å². The molecule has 0 spiro atoms. The van der Waals surface area contributed by atoms with E-state index < -0.39 is 0 Å². The highest BCUT2D eigenvalue weighted by atomic mass is 16.5. The van der Waals surface area contributed by atoms with Crippen LogP contribution in [0.3, 0.4) is 0 Å². The van der Waals surface area contributed by atoms with E-state index in [0.29, 0.717) is 12.1 Å². The minimum absolute atomic E-state index is 0.0801. The van der Waals surface area contributed by atoms with E-state index in [2.05, 4.69) is 38.0 Å². The predicted octanol–water partition coefficient (Wildman–Crippen LogP) is 2.56. The van der Waals surface area contributed by atoms with Crippen molar-refractivity contribution in [2.45, 2.75) is 25.4 Å². The number of hydrogen-bond donors (Lipinski definition) is 3. The van der Waals surface area contributed by atoms with Gasteiger partial charge in [-0.3, -0.25) is 14.7 Å². The van der Waals surface area contributed by atoms with Crippen molar-refractivity contribution >= 4 is 11.9 Å².